The van der Waals surface area contributed by atoms with Crippen molar-refractivity contribution < 1.29 is 4.79 Å². The van der Waals surface area contributed by atoms with Gasteiger partial charge in [0, 0.05) is 30.7 Å². The molecule has 1 amide bonds. The highest BCUT2D eigenvalue weighted by molar-refractivity contribution is 5.90. The van der Waals surface area contributed by atoms with E-state index in [1.165, 1.54) is 0 Å². The van der Waals surface area contributed by atoms with Crippen LogP contribution in [0.15, 0.2) is 37.2 Å². The fourth-order valence-electron chi connectivity index (χ4n) is 2.26. The van der Waals surface area contributed by atoms with Gasteiger partial charge in [0.15, 0.2) is 0 Å². The molecule has 0 aromatic carbocycles. The Labute approximate surface area is 133 Å². The largest absolute Gasteiger partial charge is 0.322 e. The van der Waals surface area contributed by atoms with Crippen molar-refractivity contribution in [3.63, 3.8) is 0 Å². The summed E-state index contributed by atoms with van der Waals surface area (Å²) in [7, 11) is 0. The number of nitrogens with zero attached hydrogens (tertiary/aromatic N) is 6. The van der Waals surface area contributed by atoms with E-state index in [-0.39, 0.29) is 12.5 Å². The normalized spacial score (nSPS) is 10.9. The van der Waals surface area contributed by atoms with Gasteiger partial charge in [0.2, 0.25) is 5.91 Å². The third kappa shape index (κ3) is 3.85. The number of hydrogen-bond donors (Lipinski definition) is 1. The SMILES string of the molecule is CCn1cc(Cn2cc(NC(=O)Cn3cc(C)cn3)cn2)cn1. The Morgan fingerprint density at radius 2 is 1.83 bits per heavy atom. The van der Waals surface area contributed by atoms with Gasteiger partial charge in [0.05, 0.1) is 30.8 Å². The molecule has 0 spiro atoms. The van der Waals surface area contributed by atoms with Crippen molar-refractivity contribution in [1.82, 2.24) is 29.3 Å². The number of amides is 1. The Hall–Kier alpha value is -2.90. The summed E-state index contributed by atoms with van der Waals surface area (Å²) in [5, 5.41) is 15.4. The lowest BCUT2D eigenvalue weighted by Gasteiger charge is -2.02. The highest BCUT2D eigenvalue weighted by Gasteiger charge is 2.07. The molecule has 0 radical (unpaired) electrons. The molecule has 0 fully saturated rings. The molecular weight excluding hydrogens is 294 g/mol. The Morgan fingerprint density at radius 3 is 2.52 bits per heavy atom. The maximum atomic E-state index is 12.0. The van der Waals surface area contributed by atoms with E-state index in [1.54, 1.807) is 28.0 Å². The van der Waals surface area contributed by atoms with Gasteiger partial charge in [-0.25, -0.2) is 0 Å². The second-order valence-corrected chi connectivity index (χ2v) is 5.39. The number of hydrogen-bond acceptors (Lipinski definition) is 4. The van der Waals surface area contributed by atoms with Crippen LogP contribution in [0.3, 0.4) is 0 Å². The molecule has 3 aromatic rings. The van der Waals surface area contributed by atoms with E-state index in [9.17, 15) is 4.79 Å². The maximum Gasteiger partial charge on any atom is 0.246 e. The average Bonchev–Trinajstić information content (AvgIpc) is 3.22. The van der Waals surface area contributed by atoms with Crippen molar-refractivity contribution in [2.45, 2.75) is 33.5 Å². The van der Waals surface area contributed by atoms with E-state index in [2.05, 4.69) is 20.6 Å². The molecule has 3 rings (SSSR count). The molecular formula is C15H19N7O. The number of carbonyl (C=O) groups excluding carboxylic acids is 1. The Bertz CT molecular complexity index is 798. The van der Waals surface area contributed by atoms with Gasteiger partial charge in [-0.3, -0.25) is 18.8 Å². The summed E-state index contributed by atoms with van der Waals surface area (Å²) in [6, 6.07) is 0. The first-order valence-electron chi connectivity index (χ1n) is 7.45. The summed E-state index contributed by atoms with van der Waals surface area (Å²) in [6.07, 6.45) is 10.8. The molecule has 0 bridgehead atoms. The fourth-order valence-corrected chi connectivity index (χ4v) is 2.26. The second kappa shape index (κ2) is 6.47. The van der Waals surface area contributed by atoms with Gasteiger partial charge in [0.25, 0.3) is 0 Å². The lowest BCUT2D eigenvalue weighted by atomic mass is 10.4. The minimum atomic E-state index is -0.133. The van der Waals surface area contributed by atoms with E-state index in [1.807, 2.05) is 37.1 Å². The highest BCUT2D eigenvalue weighted by atomic mass is 16.2. The number of anilines is 1. The first-order valence-corrected chi connectivity index (χ1v) is 7.45. The molecule has 3 aromatic heterocycles. The van der Waals surface area contributed by atoms with Gasteiger partial charge < -0.3 is 5.32 Å². The van der Waals surface area contributed by atoms with Crippen LogP contribution in [0.25, 0.3) is 0 Å². The van der Waals surface area contributed by atoms with Crippen molar-refractivity contribution in [3.8, 4) is 0 Å². The summed E-state index contributed by atoms with van der Waals surface area (Å²) in [5.74, 6) is -0.133. The van der Waals surface area contributed by atoms with Crippen LogP contribution >= 0.6 is 0 Å². The zero-order valence-electron chi connectivity index (χ0n) is 13.2. The zero-order valence-corrected chi connectivity index (χ0v) is 13.2. The summed E-state index contributed by atoms with van der Waals surface area (Å²) >= 11 is 0. The van der Waals surface area contributed by atoms with Gasteiger partial charge in [-0.05, 0) is 19.4 Å². The van der Waals surface area contributed by atoms with E-state index in [4.69, 9.17) is 0 Å². The van der Waals surface area contributed by atoms with Crippen LogP contribution in [0.4, 0.5) is 5.69 Å². The predicted molar refractivity (Wildman–Crippen MR) is 84.8 cm³/mol. The topological polar surface area (TPSA) is 82.6 Å². The lowest BCUT2D eigenvalue weighted by molar-refractivity contribution is -0.116. The van der Waals surface area contributed by atoms with Gasteiger partial charge in [-0.15, -0.1) is 0 Å². The monoisotopic (exact) mass is 313 g/mol. The molecule has 0 atom stereocenters. The summed E-state index contributed by atoms with van der Waals surface area (Å²) in [4.78, 5) is 12.0. The summed E-state index contributed by atoms with van der Waals surface area (Å²) < 4.78 is 5.24. The molecule has 0 aliphatic heterocycles. The van der Waals surface area contributed by atoms with E-state index in [0.717, 1.165) is 17.7 Å². The third-order valence-electron chi connectivity index (χ3n) is 3.34. The smallest absolute Gasteiger partial charge is 0.246 e. The highest BCUT2D eigenvalue weighted by Crippen LogP contribution is 2.08. The van der Waals surface area contributed by atoms with Crippen molar-refractivity contribution in [3.05, 3.63) is 48.3 Å². The molecule has 8 heteroatoms. The number of rotatable bonds is 6. The Kier molecular flexibility index (Phi) is 4.22. The Balaban J connectivity index is 1.57. The molecule has 0 aliphatic carbocycles. The average molecular weight is 313 g/mol. The number of nitrogens with one attached hydrogen (secondary N) is 1. The van der Waals surface area contributed by atoms with Crippen molar-refractivity contribution in [2.24, 2.45) is 0 Å². The van der Waals surface area contributed by atoms with Crippen molar-refractivity contribution in [2.75, 3.05) is 5.32 Å². The molecule has 0 aliphatic rings. The molecule has 0 saturated heterocycles. The molecule has 120 valence electrons. The quantitative estimate of drug-likeness (QED) is 0.743. The van der Waals surface area contributed by atoms with Gasteiger partial charge >= 0.3 is 0 Å². The summed E-state index contributed by atoms with van der Waals surface area (Å²) in [6.45, 7) is 5.62. The van der Waals surface area contributed by atoms with Crippen LogP contribution < -0.4 is 5.32 Å². The third-order valence-corrected chi connectivity index (χ3v) is 3.34. The molecule has 0 saturated carbocycles. The van der Waals surface area contributed by atoms with Gasteiger partial charge in [0.1, 0.15) is 6.54 Å². The fraction of sp³-hybridized carbons (Fsp3) is 0.333. The van der Waals surface area contributed by atoms with Crippen LogP contribution in [0.2, 0.25) is 0 Å². The van der Waals surface area contributed by atoms with E-state index < -0.39 is 0 Å². The minimum Gasteiger partial charge on any atom is -0.322 e. The lowest BCUT2D eigenvalue weighted by Crippen LogP contribution is -2.18. The van der Waals surface area contributed by atoms with Crippen LogP contribution in [-0.4, -0.2) is 35.2 Å². The number of aryl methyl sites for hydroxylation is 2. The van der Waals surface area contributed by atoms with Crippen molar-refractivity contribution >= 4 is 11.6 Å². The molecule has 0 unspecified atom stereocenters. The zero-order chi connectivity index (χ0) is 16.2. The van der Waals surface area contributed by atoms with Crippen molar-refractivity contribution in [1.29, 1.82) is 0 Å². The molecule has 3 heterocycles. The summed E-state index contributed by atoms with van der Waals surface area (Å²) in [5.41, 5.74) is 2.76. The van der Waals surface area contributed by atoms with Crippen LogP contribution in [0.5, 0.6) is 0 Å². The number of aromatic nitrogens is 6. The van der Waals surface area contributed by atoms with Gasteiger partial charge in [-0.2, -0.15) is 15.3 Å². The molecule has 1 N–H and O–H groups in total. The first kappa shape index (κ1) is 15.0. The van der Waals surface area contributed by atoms with E-state index >= 15 is 0 Å². The van der Waals surface area contributed by atoms with Crippen LogP contribution in [-0.2, 0) is 24.4 Å². The number of carbonyl (C=O) groups is 1. The standard InChI is InChI=1S/C15H19N7O/c1-3-20-8-13(5-17-20)9-22-10-14(6-18-22)19-15(23)11-21-7-12(2)4-16-21/h4-8,10H,3,9,11H2,1-2H3,(H,19,23). The molecule has 23 heavy (non-hydrogen) atoms. The minimum absolute atomic E-state index is 0.133. The van der Waals surface area contributed by atoms with Crippen LogP contribution in [0.1, 0.15) is 18.1 Å². The van der Waals surface area contributed by atoms with Crippen LogP contribution in [0, 0.1) is 6.92 Å². The first-order chi connectivity index (χ1) is 11.1. The van der Waals surface area contributed by atoms with Gasteiger partial charge in [-0.1, -0.05) is 0 Å². The molecule has 8 nitrogen and oxygen atoms in total. The second-order valence-electron chi connectivity index (χ2n) is 5.39. The maximum absolute atomic E-state index is 12.0. The predicted octanol–water partition coefficient (Wildman–Crippen LogP) is 1.29. The Morgan fingerprint density at radius 1 is 1.04 bits per heavy atom. The van der Waals surface area contributed by atoms with E-state index in [0.29, 0.717) is 12.2 Å².